The van der Waals surface area contributed by atoms with Gasteiger partial charge in [-0.15, -0.1) is 0 Å². The number of alkyl halides is 2. The first-order valence-electron chi connectivity index (χ1n) is 20.9. The second kappa shape index (κ2) is 15.3. The summed E-state index contributed by atoms with van der Waals surface area (Å²) >= 11 is 0. The third kappa shape index (κ3) is 7.89. The highest BCUT2D eigenvalue weighted by atomic mass is 32.2. The summed E-state index contributed by atoms with van der Waals surface area (Å²) in [6, 6.07) is 2.83. The van der Waals surface area contributed by atoms with Crippen LogP contribution in [0, 0.1) is 23.2 Å². The Bertz CT molecular complexity index is 2130. The number of rotatable bonds is 8. The van der Waals surface area contributed by atoms with Crippen LogP contribution in [-0.2, 0) is 35.6 Å². The number of aryl methyl sites for hydroxylation is 1. The molecule has 4 saturated carbocycles. The first-order valence-corrected chi connectivity index (χ1v) is 22.4. The zero-order chi connectivity index (χ0) is 42.1. The third-order valence-electron chi connectivity index (χ3n) is 14.0. The van der Waals surface area contributed by atoms with Crippen molar-refractivity contribution in [1.29, 1.82) is 0 Å². The van der Waals surface area contributed by atoms with Crippen LogP contribution in [0.25, 0.3) is 11.0 Å². The average molecular weight is 845 g/mol. The zero-order valence-electron chi connectivity index (χ0n) is 33.9. The topological polar surface area (TPSA) is 195 Å². The molecule has 18 heteroatoms. The van der Waals surface area contributed by atoms with E-state index in [1.54, 1.807) is 26.2 Å². The Balaban J connectivity index is 1.16. The van der Waals surface area contributed by atoms with Gasteiger partial charge < -0.3 is 29.7 Å². The van der Waals surface area contributed by atoms with Crippen LogP contribution in [0.15, 0.2) is 18.2 Å². The Morgan fingerprint density at radius 1 is 1.00 bits per heavy atom. The van der Waals surface area contributed by atoms with Crippen molar-refractivity contribution in [1.82, 2.24) is 30.2 Å². The molecule has 6 aliphatic rings. The van der Waals surface area contributed by atoms with E-state index in [4.69, 9.17) is 24.2 Å². The molecule has 59 heavy (non-hydrogen) atoms. The molecule has 1 aromatic heterocycles. The Hall–Kier alpha value is -4.35. The van der Waals surface area contributed by atoms with Gasteiger partial charge in [0.15, 0.2) is 0 Å². The molecule has 15 nitrogen and oxygen atoms in total. The number of nitrogens with zero attached hydrogens (tertiary/aromatic N) is 3. The number of halogens is 2. The van der Waals surface area contributed by atoms with Crippen LogP contribution >= 0.6 is 0 Å². The maximum atomic E-state index is 15.1. The predicted octanol–water partition coefficient (Wildman–Crippen LogP) is 4.55. The summed E-state index contributed by atoms with van der Waals surface area (Å²) < 4.78 is 73.6. The molecule has 322 valence electrons. The smallest absolute Gasteiger partial charge is 0.408 e. The number of alkyl carbamates (subject to hydrolysis) is 1. The lowest BCUT2D eigenvalue weighted by Crippen LogP contribution is -2.61. The molecule has 3 heterocycles. The Morgan fingerprint density at radius 2 is 1.75 bits per heavy atom. The number of ether oxygens (including phenoxy) is 3. The number of methoxy groups -OCH3 is 1. The third-order valence-corrected chi connectivity index (χ3v) is 16.1. The van der Waals surface area contributed by atoms with E-state index in [9.17, 15) is 31.6 Å². The molecule has 2 bridgehead atoms. The van der Waals surface area contributed by atoms with Gasteiger partial charge in [0, 0.05) is 12.0 Å². The first-order chi connectivity index (χ1) is 28.0. The maximum absolute atomic E-state index is 15.1. The molecule has 3 N–H and O–H groups in total. The molecule has 1 aromatic carbocycles. The highest BCUT2D eigenvalue weighted by Gasteiger charge is 2.68. The van der Waals surface area contributed by atoms with Crippen LogP contribution in [0.3, 0.4) is 0 Å². The number of fused-ring (bicyclic) bond motifs is 5. The highest BCUT2D eigenvalue weighted by molar-refractivity contribution is 7.91. The van der Waals surface area contributed by atoms with Gasteiger partial charge in [-0.1, -0.05) is 39.5 Å². The summed E-state index contributed by atoms with van der Waals surface area (Å²) in [4.78, 5) is 68.0. The fourth-order valence-electron chi connectivity index (χ4n) is 9.43. The Kier molecular flexibility index (Phi) is 10.7. The molecule has 4 amide bonds. The number of aromatic nitrogens is 2. The van der Waals surface area contributed by atoms with E-state index in [0.29, 0.717) is 54.6 Å². The summed E-state index contributed by atoms with van der Waals surface area (Å²) in [5.41, 5.74) is -1.21. The standard InChI is InChI=1S/C41H54F2N6O9S/c1-22-30-21-49(31(22)34(50)47-41(20-25(41)33(42)43)37(52)48-59(54,55)40(3)16-17-40)36(51)32(39(2)14-8-9-15-39)46-38(53)58-29-18-23(29)10-6-5-7-11-27-35(57-30)45-28-19-24(56-4)12-13-26(28)44-27/h12-13,19,22-23,25,29-33H,5-11,14-18,20-21H2,1-4H3,(H,46,53)(H,47,50)(H,48,52)/t22-,23-,25+,29-,30+,31+,32-,41?/m1/s1. The molecule has 1 saturated heterocycles. The van der Waals surface area contributed by atoms with Crippen LogP contribution in [0.1, 0.15) is 104 Å². The van der Waals surface area contributed by atoms with E-state index in [1.807, 2.05) is 17.7 Å². The molecule has 8 rings (SSSR count). The number of amides is 4. The van der Waals surface area contributed by atoms with Gasteiger partial charge >= 0.3 is 6.09 Å². The molecule has 2 aliphatic heterocycles. The number of hydrogen-bond donors (Lipinski definition) is 3. The van der Waals surface area contributed by atoms with Gasteiger partial charge in [-0.3, -0.25) is 19.1 Å². The summed E-state index contributed by atoms with van der Waals surface area (Å²) in [6.07, 6.45) is 2.73. The van der Waals surface area contributed by atoms with Crippen LogP contribution in [0.5, 0.6) is 11.6 Å². The van der Waals surface area contributed by atoms with Gasteiger partial charge in [0.05, 0.1) is 35.4 Å². The molecule has 5 fully saturated rings. The van der Waals surface area contributed by atoms with Gasteiger partial charge in [0.25, 0.3) is 5.91 Å². The van der Waals surface area contributed by atoms with Gasteiger partial charge in [0.2, 0.25) is 34.1 Å². The fourth-order valence-corrected chi connectivity index (χ4v) is 10.7. The normalized spacial score (nSPS) is 32.7. The molecule has 2 aromatic rings. The number of carbonyl (C=O) groups is 4. The maximum Gasteiger partial charge on any atom is 0.408 e. The lowest BCUT2D eigenvalue weighted by molar-refractivity contribution is -0.144. The minimum atomic E-state index is -4.24. The van der Waals surface area contributed by atoms with E-state index < -0.39 is 92.4 Å². The zero-order valence-corrected chi connectivity index (χ0v) is 34.7. The van der Waals surface area contributed by atoms with Crippen molar-refractivity contribution in [2.24, 2.45) is 23.2 Å². The largest absolute Gasteiger partial charge is 0.497 e. The van der Waals surface area contributed by atoms with Gasteiger partial charge in [-0.25, -0.2) is 32.0 Å². The molecular formula is C41H54F2N6O9S. The van der Waals surface area contributed by atoms with Gasteiger partial charge in [0.1, 0.15) is 41.3 Å². The molecule has 8 atom stereocenters. The second-order valence-electron chi connectivity index (χ2n) is 18.2. The fraction of sp³-hybridized carbons (Fsp3) is 0.707. The van der Waals surface area contributed by atoms with Gasteiger partial charge in [-0.05, 0) is 88.2 Å². The van der Waals surface area contributed by atoms with E-state index >= 15 is 4.79 Å². The number of carbonyl (C=O) groups excluding carboxylic acids is 4. The van der Waals surface area contributed by atoms with Crippen molar-refractivity contribution in [3.63, 3.8) is 0 Å². The van der Waals surface area contributed by atoms with Crippen molar-refractivity contribution in [3.05, 3.63) is 23.9 Å². The quantitative estimate of drug-likeness (QED) is 0.338. The number of nitrogens with one attached hydrogen (secondary N) is 3. The molecule has 4 aliphatic carbocycles. The van der Waals surface area contributed by atoms with E-state index in [1.165, 1.54) is 11.8 Å². The van der Waals surface area contributed by atoms with Crippen LogP contribution < -0.4 is 24.8 Å². The first kappa shape index (κ1) is 41.4. The predicted molar refractivity (Wildman–Crippen MR) is 209 cm³/mol. The van der Waals surface area contributed by atoms with Crippen LogP contribution in [0.2, 0.25) is 0 Å². The van der Waals surface area contributed by atoms with Crippen LogP contribution in [0.4, 0.5) is 13.6 Å². The summed E-state index contributed by atoms with van der Waals surface area (Å²) in [6.45, 7) is 4.90. The molecule has 1 unspecified atom stereocenters. The summed E-state index contributed by atoms with van der Waals surface area (Å²) in [5.74, 6) is -4.25. The van der Waals surface area contributed by atoms with Crippen molar-refractivity contribution in [3.8, 4) is 11.6 Å². The van der Waals surface area contributed by atoms with Crippen molar-refractivity contribution in [2.75, 3.05) is 13.7 Å². The average Bonchev–Trinajstić information content (AvgIpc) is 4.15. The van der Waals surface area contributed by atoms with Crippen LogP contribution in [-0.4, -0.2) is 102 Å². The lowest BCUT2D eigenvalue weighted by Gasteiger charge is -2.37. The van der Waals surface area contributed by atoms with Gasteiger partial charge in [-0.2, -0.15) is 0 Å². The number of sulfonamides is 1. The van der Waals surface area contributed by atoms with E-state index in [2.05, 4.69) is 10.6 Å². The molecular weight excluding hydrogens is 791 g/mol. The number of hydrogen-bond acceptors (Lipinski definition) is 11. The summed E-state index contributed by atoms with van der Waals surface area (Å²) in [7, 11) is -2.70. The van der Waals surface area contributed by atoms with Crippen molar-refractivity contribution in [2.45, 2.75) is 145 Å². The number of benzene rings is 1. The minimum Gasteiger partial charge on any atom is -0.497 e. The highest BCUT2D eigenvalue weighted by Crippen LogP contribution is 2.50. The lowest BCUT2D eigenvalue weighted by atomic mass is 9.79. The summed E-state index contributed by atoms with van der Waals surface area (Å²) in [5, 5.41) is 5.39. The van der Waals surface area contributed by atoms with E-state index in [-0.39, 0.29) is 24.4 Å². The molecule has 0 spiro atoms. The molecule has 0 radical (unpaired) electrons. The van der Waals surface area contributed by atoms with Crippen molar-refractivity contribution < 1.29 is 50.6 Å². The Labute approximate surface area is 342 Å². The SMILES string of the molecule is COc1ccc2nc3c(nc2c1)O[C@H]1CN(C(=O)[C@H](C2(C)CCCC2)NC(=O)O[C@@H]2C[C@H]2CCCCC3)[C@H](C(=O)NC2(C(=O)NS(=O)(=O)C3(C)CC3)C[C@H]2C(F)F)[C@@H]1C. The monoisotopic (exact) mass is 844 g/mol. The second-order valence-corrected chi connectivity index (χ2v) is 20.4. The van der Waals surface area contributed by atoms with E-state index in [0.717, 1.165) is 44.9 Å². The minimum absolute atomic E-state index is 0.159. The Morgan fingerprint density at radius 3 is 2.42 bits per heavy atom. The van der Waals surface area contributed by atoms with Crippen molar-refractivity contribution >= 4 is 44.9 Å².